The molecular weight excluding hydrogens is 373 g/mol. The Morgan fingerprint density at radius 3 is 2.68 bits per heavy atom. The van der Waals surface area contributed by atoms with Gasteiger partial charge in [0, 0.05) is 11.6 Å². The molecule has 0 spiro atoms. The van der Waals surface area contributed by atoms with Crippen LogP contribution in [0.3, 0.4) is 0 Å². The molecule has 0 saturated heterocycles. The number of nitro groups is 1. The molecule has 1 aromatic heterocycles. The fourth-order valence-electron chi connectivity index (χ4n) is 2.33. The summed E-state index contributed by atoms with van der Waals surface area (Å²) < 4.78 is 28.3. The van der Waals surface area contributed by atoms with Gasteiger partial charge in [-0.15, -0.1) is 0 Å². The molecule has 0 aliphatic carbocycles. The number of hydrogen-bond acceptors (Lipinski definition) is 8. The highest BCUT2D eigenvalue weighted by Crippen LogP contribution is 2.22. The van der Waals surface area contributed by atoms with Gasteiger partial charge in [0.25, 0.3) is 11.6 Å². The second-order valence-electron chi connectivity index (χ2n) is 5.63. The van der Waals surface area contributed by atoms with Crippen LogP contribution in [-0.2, 0) is 18.0 Å². The summed E-state index contributed by atoms with van der Waals surface area (Å²) >= 11 is 0. The molecule has 0 radical (unpaired) electrons. The molecule has 9 nitrogen and oxygen atoms in total. The number of aromatic nitrogens is 2. The maximum absolute atomic E-state index is 12.8. The van der Waals surface area contributed by atoms with Crippen LogP contribution in [0.1, 0.15) is 27.6 Å². The van der Waals surface area contributed by atoms with E-state index < -0.39 is 10.9 Å². The van der Waals surface area contributed by atoms with Gasteiger partial charge in [-0.25, -0.2) is 9.18 Å². The van der Waals surface area contributed by atoms with E-state index in [-0.39, 0.29) is 47.6 Å². The maximum atomic E-state index is 12.8. The monoisotopic (exact) mass is 387 g/mol. The molecule has 0 saturated carbocycles. The third-order valence-electron chi connectivity index (χ3n) is 3.74. The number of rotatable bonds is 7. The Morgan fingerprint density at radius 2 is 1.96 bits per heavy atom. The normalized spacial score (nSPS) is 10.5. The Hall–Kier alpha value is -3.82. The standard InChI is InChI=1S/C18H14FN3O6/c1-11-14(3-2-4-15(11)22(24)25)18(23)27-10-17-20-16(21-28-17)9-26-13-7-5-12(19)6-8-13/h2-8H,9-10H2,1H3. The minimum atomic E-state index is -0.747. The van der Waals surface area contributed by atoms with Crippen LogP contribution in [0, 0.1) is 22.9 Å². The van der Waals surface area contributed by atoms with Crippen LogP contribution in [0.25, 0.3) is 0 Å². The number of ether oxygens (including phenoxy) is 2. The Labute approximate surface area is 157 Å². The molecule has 0 N–H and O–H groups in total. The Morgan fingerprint density at radius 1 is 1.21 bits per heavy atom. The lowest BCUT2D eigenvalue weighted by Gasteiger charge is -2.05. The van der Waals surface area contributed by atoms with Gasteiger partial charge in [-0.2, -0.15) is 4.98 Å². The molecule has 3 rings (SSSR count). The molecule has 0 fully saturated rings. The van der Waals surface area contributed by atoms with E-state index >= 15 is 0 Å². The number of nitrogens with zero attached hydrogens (tertiary/aromatic N) is 3. The van der Waals surface area contributed by atoms with Crippen LogP contribution in [-0.4, -0.2) is 21.0 Å². The molecule has 3 aromatic rings. The highest BCUT2D eigenvalue weighted by atomic mass is 19.1. The molecular formula is C18H14FN3O6. The largest absolute Gasteiger partial charge is 0.485 e. The second-order valence-corrected chi connectivity index (χ2v) is 5.63. The zero-order chi connectivity index (χ0) is 20.1. The van der Waals surface area contributed by atoms with E-state index in [1.54, 1.807) is 0 Å². The number of carbonyl (C=O) groups excluding carboxylic acids is 1. The smallest absolute Gasteiger partial charge is 0.339 e. The van der Waals surface area contributed by atoms with Gasteiger partial charge in [0.1, 0.15) is 11.6 Å². The van der Waals surface area contributed by atoms with Gasteiger partial charge in [-0.05, 0) is 37.3 Å². The Bertz CT molecular complexity index is 1000. The third-order valence-corrected chi connectivity index (χ3v) is 3.74. The second kappa shape index (κ2) is 8.25. The van der Waals surface area contributed by atoms with Crippen molar-refractivity contribution in [3.8, 4) is 5.75 Å². The summed E-state index contributed by atoms with van der Waals surface area (Å²) in [5.41, 5.74) is 0.109. The summed E-state index contributed by atoms with van der Waals surface area (Å²) in [7, 11) is 0. The van der Waals surface area contributed by atoms with Crippen LogP contribution in [0.4, 0.5) is 10.1 Å². The zero-order valence-corrected chi connectivity index (χ0v) is 14.6. The van der Waals surface area contributed by atoms with E-state index in [0.717, 1.165) is 0 Å². The first-order chi connectivity index (χ1) is 13.4. The van der Waals surface area contributed by atoms with Crippen molar-refractivity contribution in [3.63, 3.8) is 0 Å². The first-order valence-corrected chi connectivity index (χ1v) is 8.05. The van der Waals surface area contributed by atoms with Crippen LogP contribution in [0.5, 0.6) is 5.75 Å². The molecule has 1 heterocycles. The number of carbonyl (C=O) groups is 1. The van der Waals surface area contributed by atoms with E-state index in [1.807, 2.05) is 0 Å². The lowest BCUT2D eigenvalue weighted by molar-refractivity contribution is -0.385. The predicted octanol–water partition coefficient (Wildman–Crippen LogP) is 3.36. The van der Waals surface area contributed by atoms with Gasteiger partial charge in [-0.1, -0.05) is 11.2 Å². The highest BCUT2D eigenvalue weighted by Gasteiger charge is 2.19. The Balaban J connectivity index is 1.57. The molecule has 28 heavy (non-hydrogen) atoms. The minimum absolute atomic E-state index is 0.0208. The van der Waals surface area contributed by atoms with Gasteiger partial charge in [0.05, 0.1) is 10.5 Å². The summed E-state index contributed by atoms with van der Waals surface area (Å²) in [5.74, 6) is -0.449. The molecule has 0 bridgehead atoms. The Kier molecular flexibility index (Phi) is 5.58. The molecule has 0 aliphatic rings. The third kappa shape index (κ3) is 4.47. The highest BCUT2D eigenvalue weighted by molar-refractivity contribution is 5.92. The van der Waals surface area contributed by atoms with E-state index in [4.69, 9.17) is 14.0 Å². The van der Waals surface area contributed by atoms with Crippen molar-refractivity contribution in [2.75, 3.05) is 0 Å². The first-order valence-electron chi connectivity index (χ1n) is 8.05. The minimum Gasteiger partial charge on any atom is -0.485 e. The van der Waals surface area contributed by atoms with Crippen molar-refractivity contribution in [1.82, 2.24) is 10.1 Å². The van der Waals surface area contributed by atoms with Crippen molar-refractivity contribution in [3.05, 3.63) is 81.2 Å². The summed E-state index contributed by atoms with van der Waals surface area (Å²) in [5, 5.41) is 14.6. The molecule has 0 amide bonds. The van der Waals surface area contributed by atoms with Gasteiger partial charge in [0.2, 0.25) is 5.82 Å². The molecule has 0 atom stereocenters. The lowest BCUT2D eigenvalue weighted by atomic mass is 10.1. The number of esters is 1. The van der Waals surface area contributed by atoms with Gasteiger partial charge in [0.15, 0.2) is 13.2 Å². The summed E-state index contributed by atoms with van der Waals surface area (Å²) in [6.45, 7) is 1.14. The number of hydrogen-bond donors (Lipinski definition) is 0. The fourth-order valence-corrected chi connectivity index (χ4v) is 2.33. The molecule has 0 aliphatic heterocycles. The molecule has 0 unspecified atom stereocenters. The van der Waals surface area contributed by atoms with Gasteiger partial charge in [-0.3, -0.25) is 10.1 Å². The van der Waals surface area contributed by atoms with Crippen molar-refractivity contribution < 1.29 is 28.1 Å². The van der Waals surface area contributed by atoms with Crippen LogP contribution in [0.2, 0.25) is 0 Å². The van der Waals surface area contributed by atoms with E-state index in [1.165, 1.54) is 49.4 Å². The number of benzene rings is 2. The zero-order valence-electron chi connectivity index (χ0n) is 14.6. The van der Waals surface area contributed by atoms with Crippen molar-refractivity contribution in [1.29, 1.82) is 0 Å². The van der Waals surface area contributed by atoms with Crippen LogP contribution in [0.15, 0.2) is 47.0 Å². The van der Waals surface area contributed by atoms with Crippen molar-refractivity contribution >= 4 is 11.7 Å². The lowest BCUT2D eigenvalue weighted by Crippen LogP contribution is -2.08. The average molecular weight is 387 g/mol. The predicted molar refractivity (Wildman–Crippen MR) is 92.0 cm³/mol. The fraction of sp³-hybridized carbons (Fsp3) is 0.167. The summed E-state index contributed by atoms with van der Waals surface area (Å²) in [6.07, 6.45) is 0. The average Bonchev–Trinajstić information content (AvgIpc) is 3.13. The van der Waals surface area contributed by atoms with Gasteiger partial charge >= 0.3 is 5.97 Å². The van der Waals surface area contributed by atoms with E-state index in [0.29, 0.717) is 5.75 Å². The van der Waals surface area contributed by atoms with Crippen molar-refractivity contribution in [2.45, 2.75) is 20.1 Å². The maximum Gasteiger partial charge on any atom is 0.339 e. The molecule has 144 valence electrons. The van der Waals surface area contributed by atoms with Gasteiger partial charge < -0.3 is 14.0 Å². The molecule has 2 aromatic carbocycles. The first kappa shape index (κ1) is 19.0. The van der Waals surface area contributed by atoms with Crippen LogP contribution < -0.4 is 4.74 Å². The molecule has 10 heteroatoms. The van der Waals surface area contributed by atoms with Crippen molar-refractivity contribution in [2.24, 2.45) is 0 Å². The topological polar surface area (TPSA) is 118 Å². The van der Waals surface area contributed by atoms with E-state index in [9.17, 15) is 19.3 Å². The SMILES string of the molecule is Cc1c(C(=O)OCc2nc(COc3ccc(F)cc3)no2)cccc1[N+](=O)[O-]. The number of nitro benzene ring substituents is 1. The van der Waals surface area contributed by atoms with Crippen LogP contribution >= 0.6 is 0 Å². The summed E-state index contributed by atoms with van der Waals surface area (Å²) in [4.78, 5) is 26.6. The quantitative estimate of drug-likeness (QED) is 0.344. The van der Waals surface area contributed by atoms with E-state index in [2.05, 4.69) is 10.1 Å². The number of halogens is 1. The summed E-state index contributed by atoms with van der Waals surface area (Å²) in [6, 6.07) is 9.56.